The number of imidazole rings is 1. The molecule has 0 aliphatic heterocycles. The molecule has 0 saturated carbocycles. The molecule has 1 atom stereocenters. The van der Waals surface area contributed by atoms with Crippen LogP contribution in [-0.2, 0) is 11.2 Å². The van der Waals surface area contributed by atoms with Crippen molar-refractivity contribution in [1.29, 1.82) is 0 Å². The Bertz CT molecular complexity index is 480. The van der Waals surface area contributed by atoms with Crippen LogP contribution in [0.25, 0.3) is 0 Å². The zero-order valence-electron chi connectivity index (χ0n) is 14.0. The molecule has 1 rings (SSSR count). The highest BCUT2D eigenvalue weighted by Crippen LogP contribution is 2.27. The Labute approximate surface area is 127 Å². The summed E-state index contributed by atoms with van der Waals surface area (Å²) in [4.78, 5) is 18.5. The normalized spacial score (nSPS) is 13.0. The first-order chi connectivity index (χ1) is 9.83. The summed E-state index contributed by atoms with van der Waals surface area (Å²) in [7, 11) is 4.06. The smallest absolute Gasteiger partial charge is 0.360 e. The van der Waals surface area contributed by atoms with Crippen LogP contribution in [0, 0.1) is 5.92 Å². The van der Waals surface area contributed by atoms with Gasteiger partial charge in [-0.1, -0.05) is 20.8 Å². The highest BCUT2D eigenvalue weighted by molar-refractivity contribution is 5.92. The Morgan fingerprint density at radius 3 is 2.43 bits per heavy atom. The Kier molecular flexibility index (Phi) is 6.20. The summed E-state index contributed by atoms with van der Waals surface area (Å²) in [5, 5.41) is 0. The maximum absolute atomic E-state index is 12.0. The summed E-state index contributed by atoms with van der Waals surface area (Å²) in [5.41, 5.74) is 6.44. The number of hydrogen-bond donors (Lipinski definition) is 1. The van der Waals surface area contributed by atoms with Gasteiger partial charge >= 0.3 is 5.97 Å². The molecule has 0 fully saturated rings. The largest absolute Gasteiger partial charge is 0.461 e. The number of aryl methyl sites for hydroxylation is 1. The fraction of sp³-hybridized carbons (Fsp3) is 0.733. The number of carbonyl (C=O) groups is 1. The molecule has 0 bridgehead atoms. The molecule has 1 aromatic rings. The average Bonchev–Trinajstić information content (AvgIpc) is 2.72. The van der Waals surface area contributed by atoms with Gasteiger partial charge in [0.25, 0.3) is 0 Å². The van der Waals surface area contributed by atoms with Crippen molar-refractivity contribution >= 4 is 11.8 Å². The lowest BCUT2D eigenvalue weighted by molar-refractivity contribution is 0.0521. The van der Waals surface area contributed by atoms with Gasteiger partial charge in [-0.3, -0.25) is 0 Å². The molecule has 1 unspecified atom stereocenters. The molecular formula is C15H28N4O2. The van der Waals surface area contributed by atoms with E-state index in [-0.39, 0.29) is 11.7 Å². The number of anilines is 1. The summed E-state index contributed by atoms with van der Waals surface area (Å²) >= 11 is 0. The van der Waals surface area contributed by atoms with Crippen molar-refractivity contribution in [2.24, 2.45) is 5.92 Å². The van der Waals surface area contributed by atoms with Crippen LogP contribution in [0.1, 0.15) is 50.0 Å². The molecule has 2 N–H and O–H groups in total. The van der Waals surface area contributed by atoms with Crippen LogP contribution >= 0.6 is 0 Å². The minimum atomic E-state index is -0.448. The predicted molar refractivity (Wildman–Crippen MR) is 84.4 cm³/mol. The maximum Gasteiger partial charge on any atom is 0.360 e. The van der Waals surface area contributed by atoms with Gasteiger partial charge in [0.15, 0.2) is 5.69 Å². The summed E-state index contributed by atoms with van der Waals surface area (Å²) in [6, 6.07) is 0.172. The van der Waals surface area contributed by atoms with Gasteiger partial charge in [-0.05, 0) is 26.9 Å². The molecule has 0 amide bonds. The van der Waals surface area contributed by atoms with Crippen molar-refractivity contribution in [2.75, 3.05) is 33.0 Å². The van der Waals surface area contributed by atoms with E-state index in [2.05, 4.69) is 23.7 Å². The van der Waals surface area contributed by atoms with E-state index in [0.717, 1.165) is 18.8 Å². The van der Waals surface area contributed by atoms with E-state index in [9.17, 15) is 4.79 Å². The monoisotopic (exact) mass is 296 g/mol. The van der Waals surface area contributed by atoms with Gasteiger partial charge in [0.1, 0.15) is 11.6 Å². The molecule has 0 aromatic carbocycles. The van der Waals surface area contributed by atoms with E-state index < -0.39 is 5.97 Å². The summed E-state index contributed by atoms with van der Waals surface area (Å²) < 4.78 is 7.03. The van der Waals surface area contributed by atoms with Crippen molar-refractivity contribution in [1.82, 2.24) is 14.5 Å². The standard InChI is InChI=1S/C15H28N4O2/c1-7-12-17-13(15(20)21-8-2)14(16)19(12)11(10(3)4)9-18(5)6/h10-11H,7-9,16H2,1-6H3. The SMILES string of the molecule is CCOC(=O)c1nc(CC)n(C(CN(C)C)C(C)C)c1N. The van der Waals surface area contributed by atoms with Gasteiger partial charge in [0, 0.05) is 13.0 Å². The van der Waals surface area contributed by atoms with Gasteiger partial charge < -0.3 is 19.9 Å². The van der Waals surface area contributed by atoms with Crippen LogP contribution in [-0.4, -0.2) is 47.7 Å². The highest BCUT2D eigenvalue weighted by Gasteiger charge is 2.27. The first kappa shape index (κ1) is 17.5. The lowest BCUT2D eigenvalue weighted by Crippen LogP contribution is -2.30. The van der Waals surface area contributed by atoms with Crippen LogP contribution in [0.4, 0.5) is 5.82 Å². The van der Waals surface area contributed by atoms with Crippen molar-refractivity contribution in [3.63, 3.8) is 0 Å². The summed E-state index contributed by atoms with van der Waals surface area (Å²) in [5.74, 6) is 1.17. The number of ether oxygens (including phenoxy) is 1. The quantitative estimate of drug-likeness (QED) is 0.779. The Morgan fingerprint density at radius 2 is 2.00 bits per heavy atom. The Hall–Kier alpha value is -1.56. The lowest BCUT2D eigenvalue weighted by Gasteiger charge is -2.28. The predicted octanol–water partition coefficient (Wildman–Crippen LogP) is 1.96. The lowest BCUT2D eigenvalue weighted by atomic mass is 10.0. The number of nitrogen functional groups attached to an aromatic ring is 1. The maximum atomic E-state index is 12.0. The molecule has 0 aliphatic rings. The Balaban J connectivity index is 3.29. The van der Waals surface area contributed by atoms with Gasteiger partial charge in [0.05, 0.1) is 12.6 Å². The molecule has 120 valence electrons. The van der Waals surface area contributed by atoms with E-state index in [1.807, 2.05) is 25.6 Å². The number of likely N-dealkylation sites (N-methyl/N-ethyl adjacent to an activating group) is 1. The van der Waals surface area contributed by atoms with E-state index in [4.69, 9.17) is 10.5 Å². The van der Waals surface area contributed by atoms with Crippen molar-refractivity contribution in [2.45, 2.75) is 40.2 Å². The third-order valence-electron chi connectivity index (χ3n) is 3.46. The molecule has 0 aliphatic carbocycles. The third-order valence-corrected chi connectivity index (χ3v) is 3.46. The van der Waals surface area contributed by atoms with Crippen LogP contribution in [0.15, 0.2) is 0 Å². The van der Waals surface area contributed by atoms with Crippen molar-refractivity contribution in [3.05, 3.63) is 11.5 Å². The first-order valence-corrected chi connectivity index (χ1v) is 7.51. The number of hydrogen-bond acceptors (Lipinski definition) is 5. The van der Waals surface area contributed by atoms with Crippen LogP contribution in [0.5, 0.6) is 0 Å². The van der Waals surface area contributed by atoms with E-state index in [0.29, 0.717) is 18.3 Å². The number of nitrogens with two attached hydrogens (primary N) is 1. The molecule has 6 nitrogen and oxygen atoms in total. The van der Waals surface area contributed by atoms with Crippen LogP contribution in [0.2, 0.25) is 0 Å². The molecular weight excluding hydrogens is 268 g/mol. The van der Waals surface area contributed by atoms with Gasteiger partial charge in [-0.2, -0.15) is 0 Å². The molecule has 1 heterocycles. The summed E-state index contributed by atoms with van der Waals surface area (Å²) in [6.07, 6.45) is 0.722. The van der Waals surface area contributed by atoms with Gasteiger partial charge in [-0.25, -0.2) is 9.78 Å². The molecule has 6 heteroatoms. The number of nitrogens with zero attached hydrogens (tertiary/aromatic N) is 3. The second-order valence-corrected chi connectivity index (χ2v) is 5.78. The minimum Gasteiger partial charge on any atom is -0.461 e. The van der Waals surface area contributed by atoms with Crippen molar-refractivity contribution in [3.8, 4) is 0 Å². The topological polar surface area (TPSA) is 73.4 Å². The Morgan fingerprint density at radius 1 is 1.38 bits per heavy atom. The highest BCUT2D eigenvalue weighted by atomic mass is 16.5. The molecule has 0 radical (unpaired) electrons. The fourth-order valence-corrected chi connectivity index (χ4v) is 2.43. The molecule has 0 saturated heterocycles. The van der Waals surface area contributed by atoms with Crippen LogP contribution in [0.3, 0.4) is 0 Å². The number of aromatic nitrogens is 2. The van der Waals surface area contributed by atoms with Crippen LogP contribution < -0.4 is 5.73 Å². The van der Waals surface area contributed by atoms with Gasteiger partial charge in [0.2, 0.25) is 0 Å². The fourth-order valence-electron chi connectivity index (χ4n) is 2.43. The molecule has 0 spiro atoms. The molecule has 1 aromatic heterocycles. The second kappa shape index (κ2) is 7.45. The van der Waals surface area contributed by atoms with Crippen molar-refractivity contribution < 1.29 is 9.53 Å². The second-order valence-electron chi connectivity index (χ2n) is 5.78. The van der Waals surface area contributed by atoms with Gasteiger partial charge in [-0.15, -0.1) is 0 Å². The van der Waals surface area contributed by atoms with E-state index in [1.165, 1.54) is 0 Å². The third kappa shape index (κ3) is 3.97. The number of esters is 1. The first-order valence-electron chi connectivity index (χ1n) is 7.51. The zero-order valence-corrected chi connectivity index (χ0v) is 14.0. The van der Waals surface area contributed by atoms with E-state index in [1.54, 1.807) is 6.92 Å². The summed E-state index contributed by atoms with van der Waals surface area (Å²) in [6.45, 7) is 9.24. The average molecular weight is 296 g/mol. The molecule has 21 heavy (non-hydrogen) atoms. The number of rotatable bonds is 7. The number of carbonyl (C=O) groups excluding carboxylic acids is 1. The zero-order chi connectivity index (χ0) is 16.2. The minimum absolute atomic E-state index is 0.172. The van der Waals surface area contributed by atoms with E-state index >= 15 is 0 Å².